The Kier molecular flexibility index (Phi) is 6.18. The van der Waals surface area contributed by atoms with E-state index in [-0.39, 0.29) is 17.1 Å². The summed E-state index contributed by atoms with van der Waals surface area (Å²) >= 11 is 5.73. The van der Waals surface area contributed by atoms with Crippen LogP contribution in [-0.4, -0.2) is 38.1 Å². The van der Waals surface area contributed by atoms with Crippen LogP contribution in [0.1, 0.15) is 18.0 Å². The number of carbonyl (C=O) groups excluding carboxylic acids is 2. The highest BCUT2D eigenvalue weighted by atomic mass is 35.5. The number of hydrogen-bond acceptors (Lipinski definition) is 4. The number of carbonyl (C=O) groups is 2. The summed E-state index contributed by atoms with van der Waals surface area (Å²) in [7, 11) is -2.61. The van der Waals surface area contributed by atoms with Crippen molar-refractivity contribution in [2.45, 2.75) is 18.5 Å². The molecule has 0 aromatic heterocycles. The molecule has 0 unspecified atom stereocenters. The van der Waals surface area contributed by atoms with Crippen molar-refractivity contribution in [2.75, 3.05) is 17.7 Å². The zero-order valence-corrected chi connectivity index (χ0v) is 16.8. The fraction of sp³-hybridized carbons (Fsp3) is 0.222. The van der Waals surface area contributed by atoms with Crippen molar-refractivity contribution in [3.8, 4) is 0 Å². The Morgan fingerprint density at radius 2 is 1.90 bits per heavy atom. The molecule has 1 heterocycles. The molecule has 0 aliphatic carbocycles. The van der Waals surface area contributed by atoms with Crippen molar-refractivity contribution < 1.29 is 22.4 Å². The normalized spacial score (nSPS) is 21.3. The van der Waals surface area contributed by atoms with Gasteiger partial charge < -0.3 is 10.6 Å². The minimum atomic E-state index is -3.92. The number of nitrogens with one attached hydrogen (secondary N) is 3. The third kappa shape index (κ3) is 4.73. The molecule has 2 aromatic rings. The minimum absolute atomic E-state index is 0.156. The average molecular weight is 441 g/mol. The smallest absolute Gasteiger partial charge is 0.280 e. The van der Waals surface area contributed by atoms with Crippen LogP contribution in [0.2, 0.25) is 5.02 Å². The van der Waals surface area contributed by atoms with Gasteiger partial charge in [0.1, 0.15) is 11.9 Å². The van der Waals surface area contributed by atoms with Crippen molar-refractivity contribution in [1.82, 2.24) is 9.03 Å². The molecule has 1 saturated heterocycles. The quantitative estimate of drug-likeness (QED) is 0.620. The predicted molar refractivity (Wildman–Crippen MR) is 107 cm³/mol. The summed E-state index contributed by atoms with van der Waals surface area (Å²) < 4.78 is 41.8. The number of likely N-dealkylation sites (N-methyl/N-ethyl adjacent to an activating group) is 1. The standard InChI is InChI=1S/C18H18ClFN4O4S/c1-24-17(18(26)22-13-6-7-15(20)14(19)8-13)9-16(23-29(24,27)28)11-2-4-12(5-3-11)21-10-25/h2-8,10,16-17,23H,9H2,1H3,(H,21,25)(H,22,26)/t16-,17+/m1/s1. The van der Waals surface area contributed by atoms with Crippen LogP contribution >= 0.6 is 11.6 Å². The van der Waals surface area contributed by atoms with E-state index in [1.54, 1.807) is 24.3 Å². The molecule has 8 nitrogen and oxygen atoms in total. The second kappa shape index (κ2) is 8.46. The molecule has 0 radical (unpaired) electrons. The number of nitrogens with zero attached hydrogens (tertiary/aromatic N) is 1. The van der Waals surface area contributed by atoms with E-state index < -0.39 is 34.0 Å². The number of benzene rings is 2. The number of rotatable bonds is 5. The molecule has 1 aliphatic heterocycles. The first-order valence-corrected chi connectivity index (χ1v) is 10.3. The summed E-state index contributed by atoms with van der Waals surface area (Å²) in [6.07, 6.45) is 0.701. The Morgan fingerprint density at radius 3 is 2.52 bits per heavy atom. The first-order chi connectivity index (χ1) is 13.7. The van der Waals surface area contributed by atoms with Crippen molar-refractivity contribution >= 4 is 45.5 Å². The van der Waals surface area contributed by atoms with Crippen molar-refractivity contribution in [1.29, 1.82) is 0 Å². The zero-order valence-electron chi connectivity index (χ0n) is 15.2. The summed E-state index contributed by atoms with van der Waals surface area (Å²) in [5.41, 5.74) is 1.45. The molecule has 2 amide bonds. The molecular weight excluding hydrogens is 423 g/mol. The lowest BCUT2D eigenvalue weighted by Crippen LogP contribution is -2.55. The lowest BCUT2D eigenvalue weighted by atomic mass is 9.99. The van der Waals surface area contributed by atoms with E-state index in [1.807, 2.05) is 0 Å². The van der Waals surface area contributed by atoms with Crippen LogP contribution in [-0.2, 0) is 19.8 Å². The Hall–Kier alpha value is -2.53. The zero-order chi connectivity index (χ0) is 21.2. The molecule has 1 fully saturated rings. The third-order valence-corrected chi connectivity index (χ3v) is 6.48. The van der Waals surface area contributed by atoms with Crippen LogP contribution in [0.3, 0.4) is 0 Å². The van der Waals surface area contributed by atoms with Gasteiger partial charge in [-0.15, -0.1) is 0 Å². The molecule has 0 spiro atoms. The molecule has 2 aromatic carbocycles. The van der Waals surface area contributed by atoms with Gasteiger partial charge in [0.25, 0.3) is 10.2 Å². The van der Waals surface area contributed by atoms with Gasteiger partial charge in [-0.3, -0.25) is 9.59 Å². The van der Waals surface area contributed by atoms with Gasteiger partial charge >= 0.3 is 0 Å². The third-order valence-electron chi connectivity index (χ3n) is 4.60. The fourth-order valence-electron chi connectivity index (χ4n) is 3.01. The van der Waals surface area contributed by atoms with Gasteiger partial charge in [-0.2, -0.15) is 17.4 Å². The average Bonchev–Trinajstić information content (AvgIpc) is 2.67. The fourth-order valence-corrected chi connectivity index (χ4v) is 4.46. The van der Waals surface area contributed by atoms with Gasteiger partial charge in [-0.25, -0.2) is 4.39 Å². The predicted octanol–water partition coefficient (Wildman–Crippen LogP) is 2.27. The number of amides is 2. The molecule has 1 aliphatic rings. The Labute approximate surface area is 172 Å². The Morgan fingerprint density at radius 1 is 1.24 bits per heavy atom. The van der Waals surface area contributed by atoms with E-state index >= 15 is 0 Å². The minimum Gasteiger partial charge on any atom is -0.329 e. The maximum absolute atomic E-state index is 13.3. The van der Waals surface area contributed by atoms with Crippen LogP contribution < -0.4 is 15.4 Å². The lowest BCUT2D eigenvalue weighted by molar-refractivity contribution is -0.120. The van der Waals surface area contributed by atoms with Gasteiger partial charge in [-0.05, 0) is 42.3 Å². The van der Waals surface area contributed by atoms with E-state index in [2.05, 4.69) is 15.4 Å². The van der Waals surface area contributed by atoms with Gasteiger partial charge in [0.15, 0.2) is 0 Å². The molecular formula is C18H18ClFN4O4S. The van der Waals surface area contributed by atoms with Gasteiger partial charge in [0, 0.05) is 24.5 Å². The van der Waals surface area contributed by atoms with Crippen LogP contribution in [0, 0.1) is 5.82 Å². The summed E-state index contributed by atoms with van der Waals surface area (Å²) in [6.45, 7) is 0. The summed E-state index contributed by atoms with van der Waals surface area (Å²) in [4.78, 5) is 23.3. The van der Waals surface area contributed by atoms with Gasteiger partial charge in [-0.1, -0.05) is 23.7 Å². The lowest BCUT2D eigenvalue weighted by Gasteiger charge is -2.36. The molecule has 11 heteroatoms. The molecule has 0 bridgehead atoms. The van der Waals surface area contributed by atoms with Crippen LogP contribution in [0.5, 0.6) is 0 Å². The SMILES string of the molecule is CN1[C@H](C(=O)Nc2ccc(F)c(Cl)c2)C[C@H](c2ccc(NC=O)cc2)NS1(=O)=O. The van der Waals surface area contributed by atoms with E-state index in [4.69, 9.17) is 11.6 Å². The summed E-state index contributed by atoms with van der Waals surface area (Å²) in [6, 6.07) is 8.65. The van der Waals surface area contributed by atoms with Crippen LogP contribution in [0.25, 0.3) is 0 Å². The highest BCUT2D eigenvalue weighted by molar-refractivity contribution is 7.87. The van der Waals surface area contributed by atoms with Crippen LogP contribution in [0.15, 0.2) is 42.5 Å². The number of hydrogen-bond donors (Lipinski definition) is 3. The second-order valence-electron chi connectivity index (χ2n) is 6.45. The second-order valence-corrected chi connectivity index (χ2v) is 8.61. The van der Waals surface area contributed by atoms with Gasteiger partial charge in [0.05, 0.1) is 5.02 Å². The molecule has 29 heavy (non-hydrogen) atoms. The first kappa shape index (κ1) is 21.2. The molecule has 3 N–H and O–H groups in total. The van der Waals surface area contributed by atoms with Gasteiger partial charge in [0.2, 0.25) is 12.3 Å². The number of anilines is 2. The Balaban J connectivity index is 1.82. The maximum atomic E-state index is 13.3. The van der Waals surface area contributed by atoms with Crippen molar-refractivity contribution in [3.63, 3.8) is 0 Å². The molecule has 154 valence electrons. The molecule has 2 atom stereocenters. The van der Waals surface area contributed by atoms with Crippen molar-refractivity contribution in [2.24, 2.45) is 0 Å². The topological polar surface area (TPSA) is 108 Å². The summed E-state index contributed by atoms with van der Waals surface area (Å²) in [5, 5.41) is 4.91. The molecule has 0 saturated carbocycles. The monoisotopic (exact) mass is 440 g/mol. The summed E-state index contributed by atoms with van der Waals surface area (Å²) in [5.74, 6) is -1.19. The van der Waals surface area contributed by atoms with E-state index in [1.165, 1.54) is 19.2 Å². The van der Waals surface area contributed by atoms with Crippen LogP contribution in [0.4, 0.5) is 15.8 Å². The largest absolute Gasteiger partial charge is 0.329 e. The van der Waals surface area contributed by atoms with E-state index in [0.29, 0.717) is 17.7 Å². The molecule has 3 rings (SSSR count). The first-order valence-electron chi connectivity index (χ1n) is 8.52. The Bertz CT molecular complexity index is 1030. The van der Waals surface area contributed by atoms with E-state index in [9.17, 15) is 22.4 Å². The number of halogens is 2. The highest BCUT2D eigenvalue weighted by Gasteiger charge is 2.40. The van der Waals surface area contributed by atoms with Crippen molar-refractivity contribution in [3.05, 3.63) is 58.9 Å². The van der Waals surface area contributed by atoms with E-state index in [0.717, 1.165) is 10.4 Å². The highest BCUT2D eigenvalue weighted by Crippen LogP contribution is 2.29. The maximum Gasteiger partial charge on any atom is 0.280 e.